The Morgan fingerprint density at radius 1 is 0.935 bits per heavy atom. The van der Waals surface area contributed by atoms with Crippen molar-refractivity contribution >= 4 is 29.1 Å². The average molecular weight is 423 g/mol. The van der Waals surface area contributed by atoms with Crippen molar-refractivity contribution in [2.75, 3.05) is 30.3 Å². The van der Waals surface area contributed by atoms with Crippen LogP contribution >= 0.6 is 0 Å². The van der Waals surface area contributed by atoms with Crippen molar-refractivity contribution in [3.05, 3.63) is 59.7 Å². The van der Waals surface area contributed by atoms with Gasteiger partial charge in [0, 0.05) is 18.3 Å². The molecule has 0 unspecified atom stereocenters. The zero-order valence-electron chi connectivity index (χ0n) is 18.1. The molecule has 0 bridgehead atoms. The van der Waals surface area contributed by atoms with Crippen LogP contribution in [0.2, 0.25) is 0 Å². The van der Waals surface area contributed by atoms with Gasteiger partial charge in [0.05, 0.1) is 19.1 Å². The molecule has 31 heavy (non-hydrogen) atoms. The fourth-order valence-electron chi connectivity index (χ4n) is 3.87. The maximum absolute atomic E-state index is 12.6. The molecular weight excluding hydrogens is 392 g/mol. The van der Waals surface area contributed by atoms with E-state index in [-0.39, 0.29) is 36.9 Å². The molecule has 0 fully saturated rings. The third kappa shape index (κ3) is 6.65. The lowest BCUT2D eigenvalue weighted by atomic mass is 9.88. The number of nitrogens with one attached hydrogen (secondary N) is 3. The largest absolute Gasteiger partial charge is 0.348 e. The minimum absolute atomic E-state index is 0.0344. The molecule has 3 rings (SSSR count). The Bertz CT molecular complexity index is 927. The minimum Gasteiger partial charge on any atom is -0.348 e. The van der Waals surface area contributed by atoms with Crippen molar-refractivity contribution in [3.8, 4) is 0 Å². The normalized spacial score (nSPS) is 15.1. The molecule has 1 aliphatic carbocycles. The summed E-state index contributed by atoms with van der Waals surface area (Å²) in [5.41, 5.74) is 3.81. The predicted molar refractivity (Wildman–Crippen MR) is 122 cm³/mol. The highest BCUT2D eigenvalue weighted by Crippen LogP contribution is 2.29. The Labute approximate surface area is 183 Å². The fraction of sp³-hybridized carbons (Fsp3) is 0.375. The number of carbonyl (C=O) groups excluding carboxylic acids is 3. The third-order valence-corrected chi connectivity index (χ3v) is 5.38. The van der Waals surface area contributed by atoms with Crippen LogP contribution in [0.1, 0.15) is 43.9 Å². The van der Waals surface area contributed by atoms with Crippen LogP contribution in [0.4, 0.5) is 11.4 Å². The number of anilines is 2. The predicted octanol–water partition coefficient (Wildman–Crippen LogP) is 3.10. The first-order valence-electron chi connectivity index (χ1n) is 10.7. The third-order valence-electron chi connectivity index (χ3n) is 5.38. The molecule has 164 valence electrons. The maximum Gasteiger partial charge on any atom is 0.238 e. The van der Waals surface area contributed by atoms with E-state index in [4.69, 9.17) is 0 Å². The van der Waals surface area contributed by atoms with E-state index in [1.54, 1.807) is 24.3 Å². The van der Waals surface area contributed by atoms with Gasteiger partial charge in [-0.25, -0.2) is 0 Å². The van der Waals surface area contributed by atoms with Crippen molar-refractivity contribution in [3.63, 3.8) is 0 Å². The van der Waals surface area contributed by atoms with Gasteiger partial charge in [-0.05, 0) is 61.2 Å². The van der Waals surface area contributed by atoms with Gasteiger partial charge in [0.15, 0.2) is 0 Å². The Kier molecular flexibility index (Phi) is 7.78. The van der Waals surface area contributed by atoms with E-state index in [1.807, 2.05) is 24.0 Å². The maximum atomic E-state index is 12.6. The van der Waals surface area contributed by atoms with E-state index >= 15 is 0 Å². The number of hydrogen-bond donors (Lipinski definition) is 3. The van der Waals surface area contributed by atoms with Crippen molar-refractivity contribution < 1.29 is 14.4 Å². The Hall–Kier alpha value is -3.19. The highest BCUT2D eigenvalue weighted by molar-refractivity contribution is 5.93. The average Bonchev–Trinajstić information content (AvgIpc) is 2.74. The fourth-order valence-corrected chi connectivity index (χ4v) is 3.87. The van der Waals surface area contributed by atoms with Crippen molar-refractivity contribution in [1.29, 1.82) is 0 Å². The summed E-state index contributed by atoms with van der Waals surface area (Å²) in [4.78, 5) is 38.0. The molecule has 1 aliphatic rings. The first-order valence-corrected chi connectivity index (χ1v) is 10.7. The number of nitrogens with zero attached hydrogens (tertiary/aromatic N) is 1. The summed E-state index contributed by atoms with van der Waals surface area (Å²) < 4.78 is 0. The topological polar surface area (TPSA) is 90.5 Å². The molecule has 7 heteroatoms. The van der Waals surface area contributed by atoms with E-state index < -0.39 is 0 Å². The molecule has 0 radical (unpaired) electrons. The van der Waals surface area contributed by atoms with Crippen LogP contribution in [0.15, 0.2) is 48.5 Å². The molecule has 3 N–H and O–H groups in total. The summed E-state index contributed by atoms with van der Waals surface area (Å²) in [6.45, 7) is 4.25. The SMILES string of the molecule is CCN(CC(=O)Nc1ccc(NC(C)=O)cc1)CC(=O)N[C@@H]1CCCc2ccccc21. The summed E-state index contributed by atoms with van der Waals surface area (Å²) in [6.07, 6.45) is 3.04. The van der Waals surface area contributed by atoms with Gasteiger partial charge in [0.1, 0.15) is 0 Å². The number of hydrogen-bond acceptors (Lipinski definition) is 4. The van der Waals surface area contributed by atoms with Crippen LogP contribution < -0.4 is 16.0 Å². The van der Waals surface area contributed by atoms with Crippen LogP contribution in [0.3, 0.4) is 0 Å². The molecular formula is C24H30N4O3. The lowest BCUT2D eigenvalue weighted by Gasteiger charge is -2.27. The van der Waals surface area contributed by atoms with Gasteiger partial charge < -0.3 is 16.0 Å². The van der Waals surface area contributed by atoms with Crippen LogP contribution in [0.25, 0.3) is 0 Å². The molecule has 0 heterocycles. The molecule has 0 aliphatic heterocycles. The summed E-state index contributed by atoms with van der Waals surface area (Å²) in [5.74, 6) is -0.411. The summed E-state index contributed by atoms with van der Waals surface area (Å²) >= 11 is 0. The molecule has 0 saturated carbocycles. The van der Waals surface area contributed by atoms with Gasteiger partial charge in [-0.2, -0.15) is 0 Å². The van der Waals surface area contributed by atoms with E-state index in [0.29, 0.717) is 17.9 Å². The van der Waals surface area contributed by atoms with Gasteiger partial charge >= 0.3 is 0 Å². The van der Waals surface area contributed by atoms with Gasteiger partial charge in [-0.3, -0.25) is 19.3 Å². The number of fused-ring (bicyclic) bond motifs is 1. The molecule has 2 aromatic carbocycles. The Balaban J connectivity index is 1.50. The minimum atomic E-state index is -0.190. The van der Waals surface area contributed by atoms with Crippen molar-refractivity contribution in [1.82, 2.24) is 10.2 Å². The van der Waals surface area contributed by atoms with Gasteiger partial charge in [-0.1, -0.05) is 31.2 Å². The lowest BCUT2D eigenvalue weighted by Crippen LogP contribution is -2.42. The number of rotatable bonds is 8. The number of aryl methyl sites for hydroxylation is 1. The number of carbonyl (C=O) groups is 3. The lowest BCUT2D eigenvalue weighted by molar-refractivity contribution is -0.124. The smallest absolute Gasteiger partial charge is 0.238 e. The molecule has 0 saturated heterocycles. The van der Waals surface area contributed by atoms with E-state index in [1.165, 1.54) is 18.1 Å². The molecule has 7 nitrogen and oxygen atoms in total. The standard InChI is InChI=1S/C24H30N4O3/c1-3-28(15-23(30)26-20-13-11-19(12-14-20)25-17(2)29)16-24(31)27-22-10-6-8-18-7-4-5-9-21(18)22/h4-5,7,9,11-14,22H,3,6,8,10,15-16H2,1-2H3,(H,25,29)(H,26,30)(H,27,31)/t22-/m1/s1. The molecule has 2 aromatic rings. The van der Waals surface area contributed by atoms with E-state index in [0.717, 1.165) is 19.3 Å². The molecule has 0 aromatic heterocycles. The van der Waals surface area contributed by atoms with Crippen molar-refractivity contribution in [2.24, 2.45) is 0 Å². The van der Waals surface area contributed by atoms with Crippen LogP contribution in [0, 0.1) is 0 Å². The van der Waals surface area contributed by atoms with Crippen molar-refractivity contribution in [2.45, 2.75) is 39.2 Å². The first kappa shape index (κ1) is 22.5. The quantitative estimate of drug-likeness (QED) is 0.610. The summed E-state index contributed by atoms with van der Waals surface area (Å²) in [5, 5.41) is 8.65. The number of benzene rings is 2. The van der Waals surface area contributed by atoms with Crippen LogP contribution in [-0.2, 0) is 20.8 Å². The van der Waals surface area contributed by atoms with Gasteiger partial charge in [0.2, 0.25) is 17.7 Å². The molecule has 3 amide bonds. The Morgan fingerprint density at radius 3 is 2.26 bits per heavy atom. The van der Waals surface area contributed by atoms with Gasteiger partial charge in [-0.15, -0.1) is 0 Å². The van der Waals surface area contributed by atoms with E-state index in [2.05, 4.69) is 28.1 Å². The van der Waals surface area contributed by atoms with Gasteiger partial charge in [0.25, 0.3) is 0 Å². The first-order chi connectivity index (χ1) is 14.9. The molecule has 0 spiro atoms. The number of likely N-dealkylation sites (N-methyl/N-ethyl adjacent to an activating group) is 1. The zero-order chi connectivity index (χ0) is 22.2. The van der Waals surface area contributed by atoms with Crippen LogP contribution in [0.5, 0.6) is 0 Å². The monoisotopic (exact) mass is 422 g/mol. The zero-order valence-corrected chi connectivity index (χ0v) is 18.1. The second-order valence-corrected chi connectivity index (χ2v) is 7.82. The number of amides is 3. The van der Waals surface area contributed by atoms with Crippen LogP contribution in [-0.4, -0.2) is 42.3 Å². The Morgan fingerprint density at radius 2 is 1.58 bits per heavy atom. The van der Waals surface area contributed by atoms with E-state index in [9.17, 15) is 14.4 Å². The highest BCUT2D eigenvalue weighted by atomic mass is 16.2. The molecule has 1 atom stereocenters. The summed E-state index contributed by atoms with van der Waals surface area (Å²) in [6, 6.07) is 15.2. The second kappa shape index (κ2) is 10.7. The second-order valence-electron chi connectivity index (χ2n) is 7.82. The highest BCUT2D eigenvalue weighted by Gasteiger charge is 2.22. The summed E-state index contributed by atoms with van der Waals surface area (Å²) in [7, 11) is 0.